The zero-order chi connectivity index (χ0) is 17.2. The summed E-state index contributed by atoms with van der Waals surface area (Å²) in [7, 11) is -3.40. The highest BCUT2D eigenvalue weighted by Gasteiger charge is 2.37. The van der Waals surface area contributed by atoms with Gasteiger partial charge in [0, 0.05) is 13.1 Å². The van der Waals surface area contributed by atoms with Gasteiger partial charge in [-0.3, -0.25) is 4.79 Å². The summed E-state index contributed by atoms with van der Waals surface area (Å²) in [5, 5.41) is 0. The first-order chi connectivity index (χ1) is 11.5. The van der Waals surface area contributed by atoms with E-state index in [9.17, 15) is 13.2 Å². The van der Waals surface area contributed by atoms with E-state index in [-0.39, 0.29) is 22.0 Å². The monoisotopic (exact) mass is 347 g/mol. The van der Waals surface area contributed by atoms with Crippen molar-refractivity contribution in [3.05, 3.63) is 42.0 Å². The first kappa shape index (κ1) is 17.2. The molecule has 0 aromatic heterocycles. The maximum absolute atomic E-state index is 13.1. The fourth-order valence-electron chi connectivity index (χ4n) is 3.94. The number of likely N-dealkylation sites (tertiary alicyclic amines) is 1. The van der Waals surface area contributed by atoms with Crippen LogP contribution in [0.5, 0.6) is 0 Å². The quantitative estimate of drug-likeness (QED) is 0.787. The molecule has 1 fully saturated rings. The zero-order valence-electron chi connectivity index (χ0n) is 14.2. The van der Waals surface area contributed by atoms with Gasteiger partial charge in [-0.15, -0.1) is 0 Å². The van der Waals surface area contributed by atoms with Crippen molar-refractivity contribution in [2.24, 2.45) is 5.41 Å². The van der Waals surface area contributed by atoms with Crippen LogP contribution in [-0.4, -0.2) is 38.1 Å². The molecule has 0 saturated carbocycles. The number of allylic oxidation sites excluding steroid dienone is 2. The zero-order valence-corrected chi connectivity index (χ0v) is 15.0. The lowest BCUT2D eigenvalue weighted by Crippen LogP contribution is -2.46. The minimum Gasteiger partial charge on any atom is -0.338 e. The molecule has 0 N–H and O–H groups in total. The van der Waals surface area contributed by atoms with Crippen LogP contribution in [0.2, 0.25) is 0 Å². The summed E-state index contributed by atoms with van der Waals surface area (Å²) < 4.78 is 24.6. The molecular formula is C19H25NO3S. The number of carbonyl (C=O) groups excluding carboxylic acids is 1. The molecule has 130 valence electrons. The van der Waals surface area contributed by atoms with Gasteiger partial charge in [-0.1, -0.05) is 31.2 Å². The number of hydrogen-bond donors (Lipinski definition) is 0. The van der Waals surface area contributed by atoms with Crippen molar-refractivity contribution in [1.82, 2.24) is 4.90 Å². The molecule has 0 radical (unpaired) electrons. The van der Waals surface area contributed by atoms with E-state index in [1.807, 2.05) is 4.90 Å². The van der Waals surface area contributed by atoms with E-state index in [1.165, 1.54) is 0 Å². The highest BCUT2D eigenvalue weighted by atomic mass is 32.2. The van der Waals surface area contributed by atoms with Gasteiger partial charge in [0.05, 0.1) is 16.2 Å². The molecule has 1 atom stereocenters. The number of amides is 1. The Morgan fingerprint density at radius 2 is 2.00 bits per heavy atom. The molecule has 1 aromatic carbocycles. The molecule has 3 rings (SSSR count). The Morgan fingerprint density at radius 1 is 1.21 bits per heavy atom. The highest BCUT2D eigenvalue weighted by molar-refractivity contribution is 7.91. The van der Waals surface area contributed by atoms with Gasteiger partial charge in [0.25, 0.3) is 5.91 Å². The molecule has 4 nitrogen and oxygen atoms in total. The Labute approximate surface area is 144 Å². The van der Waals surface area contributed by atoms with Crippen molar-refractivity contribution in [1.29, 1.82) is 0 Å². The van der Waals surface area contributed by atoms with Crippen LogP contribution in [0.1, 0.15) is 49.4 Å². The van der Waals surface area contributed by atoms with E-state index in [2.05, 4.69) is 12.2 Å². The summed E-state index contributed by atoms with van der Waals surface area (Å²) >= 11 is 0. The first-order valence-corrected chi connectivity index (χ1v) is 10.4. The van der Waals surface area contributed by atoms with E-state index >= 15 is 0 Å². The van der Waals surface area contributed by atoms with Crippen LogP contribution in [0.4, 0.5) is 0 Å². The lowest BCUT2D eigenvalue weighted by Gasteiger charge is -2.44. The molecule has 1 spiro atoms. The molecule has 5 heteroatoms. The summed E-state index contributed by atoms with van der Waals surface area (Å²) in [6, 6.07) is 6.62. The van der Waals surface area contributed by atoms with Crippen LogP contribution in [0.15, 0.2) is 41.3 Å². The molecule has 1 aliphatic heterocycles. The smallest absolute Gasteiger partial charge is 0.255 e. The van der Waals surface area contributed by atoms with Gasteiger partial charge in [-0.2, -0.15) is 0 Å². The minimum atomic E-state index is -3.40. The Balaban J connectivity index is 1.88. The van der Waals surface area contributed by atoms with Gasteiger partial charge in [0.15, 0.2) is 9.84 Å². The molecular weight excluding hydrogens is 322 g/mol. The van der Waals surface area contributed by atoms with Crippen molar-refractivity contribution in [2.45, 2.75) is 43.9 Å². The van der Waals surface area contributed by atoms with Crippen LogP contribution in [0.25, 0.3) is 0 Å². The predicted molar refractivity (Wildman–Crippen MR) is 94.7 cm³/mol. The number of sulfone groups is 1. The van der Waals surface area contributed by atoms with E-state index in [4.69, 9.17) is 0 Å². The summed E-state index contributed by atoms with van der Waals surface area (Å²) in [6.45, 7) is 3.06. The third-order valence-corrected chi connectivity index (χ3v) is 7.13. The van der Waals surface area contributed by atoms with Gasteiger partial charge in [-0.25, -0.2) is 8.42 Å². The average Bonchev–Trinajstić information content (AvgIpc) is 2.62. The van der Waals surface area contributed by atoms with Crippen LogP contribution in [-0.2, 0) is 9.84 Å². The van der Waals surface area contributed by atoms with Gasteiger partial charge in [0.1, 0.15) is 0 Å². The van der Waals surface area contributed by atoms with Gasteiger partial charge < -0.3 is 4.90 Å². The van der Waals surface area contributed by atoms with Gasteiger partial charge in [0.2, 0.25) is 0 Å². The molecule has 1 unspecified atom stereocenters. The second-order valence-electron chi connectivity index (χ2n) is 6.94. The SMILES string of the molecule is CCS(=O)(=O)c1ccccc1C(=O)N1CCCC2(CC=CCC2)C1. The number of piperidine rings is 1. The normalized spacial score (nSPS) is 24.3. The lowest BCUT2D eigenvalue weighted by atomic mass is 9.71. The number of carbonyl (C=O) groups is 1. The average molecular weight is 347 g/mol. The van der Waals surface area contributed by atoms with E-state index in [0.29, 0.717) is 12.1 Å². The predicted octanol–water partition coefficient (Wildman–Crippen LogP) is 3.44. The van der Waals surface area contributed by atoms with E-state index in [1.54, 1.807) is 31.2 Å². The molecule has 1 aromatic rings. The van der Waals surface area contributed by atoms with Crippen molar-refractivity contribution >= 4 is 15.7 Å². The molecule has 24 heavy (non-hydrogen) atoms. The summed E-state index contributed by atoms with van der Waals surface area (Å²) in [4.78, 5) is 15.1. The lowest BCUT2D eigenvalue weighted by molar-refractivity contribution is 0.0481. The largest absolute Gasteiger partial charge is 0.338 e. The highest BCUT2D eigenvalue weighted by Crippen LogP contribution is 2.41. The number of hydrogen-bond acceptors (Lipinski definition) is 3. The van der Waals surface area contributed by atoms with Crippen LogP contribution >= 0.6 is 0 Å². The minimum absolute atomic E-state index is 0.00598. The number of nitrogens with zero attached hydrogens (tertiary/aromatic N) is 1. The first-order valence-electron chi connectivity index (χ1n) is 8.73. The third kappa shape index (κ3) is 3.27. The van der Waals surface area contributed by atoms with E-state index in [0.717, 1.165) is 38.6 Å². The van der Waals surface area contributed by atoms with Gasteiger partial charge in [-0.05, 0) is 49.7 Å². The van der Waals surface area contributed by atoms with Crippen molar-refractivity contribution < 1.29 is 13.2 Å². The van der Waals surface area contributed by atoms with Crippen LogP contribution in [0.3, 0.4) is 0 Å². The van der Waals surface area contributed by atoms with Crippen LogP contribution < -0.4 is 0 Å². The molecule has 0 bridgehead atoms. The third-order valence-electron chi connectivity index (χ3n) is 5.34. The standard InChI is InChI=1S/C19H25NO3S/c1-2-24(22,23)17-10-5-4-9-16(17)18(21)20-14-8-13-19(15-20)11-6-3-7-12-19/h3-6,9-10H,2,7-8,11-15H2,1H3. The number of rotatable bonds is 3. The number of benzene rings is 1. The van der Waals surface area contributed by atoms with Crippen molar-refractivity contribution in [3.63, 3.8) is 0 Å². The molecule has 1 saturated heterocycles. The summed E-state index contributed by atoms with van der Waals surface area (Å²) in [6.07, 6.45) is 9.79. The van der Waals surface area contributed by atoms with Crippen LogP contribution in [0, 0.1) is 5.41 Å². The Morgan fingerprint density at radius 3 is 2.71 bits per heavy atom. The maximum atomic E-state index is 13.1. The van der Waals surface area contributed by atoms with Crippen molar-refractivity contribution in [2.75, 3.05) is 18.8 Å². The maximum Gasteiger partial charge on any atom is 0.255 e. The van der Waals surface area contributed by atoms with Crippen molar-refractivity contribution in [3.8, 4) is 0 Å². The second-order valence-corrected chi connectivity index (χ2v) is 9.19. The van der Waals surface area contributed by atoms with Gasteiger partial charge >= 0.3 is 0 Å². The fourth-order valence-corrected chi connectivity index (χ4v) is 5.02. The Bertz CT molecular complexity index is 754. The molecule has 2 aliphatic rings. The Kier molecular flexibility index (Phi) is 4.81. The molecule has 1 amide bonds. The summed E-state index contributed by atoms with van der Waals surface area (Å²) in [5.41, 5.74) is 0.504. The fraction of sp³-hybridized carbons (Fsp3) is 0.526. The molecule has 1 heterocycles. The van der Waals surface area contributed by atoms with E-state index < -0.39 is 9.84 Å². The molecule has 1 aliphatic carbocycles. The Hall–Kier alpha value is -1.62. The topological polar surface area (TPSA) is 54.5 Å². The summed E-state index contributed by atoms with van der Waals surface area (Å²) in [5.74, 6) is -0.136. The second kappa shape index (κ2) is 6.71.